The fraction of sp³-hybridized carbons (Fsp3) is 0.933. The van der Waals surface area contributed by atoms with Gasteiger partial charge in [0.15, 0.2) is 0 Å². The fourth-order valence-corrected chi connectivity index (χ4v) is 3.70. The molecule has 0 bridgehead atoms. The van der Waals surface area contributed by atoms with E-state index in [9.17, 15) is 4.79 Å². The van der Waals surface area contributed by atoms with Crippen molar-refractivity contribution < 1.29 is 9.53 Å². The van der Waals surface area contributed by atoms with Crippen LogP contribution >= 0.6 is 0 Å². The highest BCUT2D eigenvalue weighted by molar-refractivity contribution is 5.68. The topological polar surface area (TPSA) is 55.6 Å². The summed E-state index contributed by atoms with van der Waals surface area (Å²) in [5.41, 5.74) is 5.80. The van der Waals surface area contributed by atoms with E-state index in [4.69, 9.17) is 10.5 Å². The summed E-state index contributed by atoms with van der Waals surface area (Å²) in [6.45, 7) is 8.14. The fourth-order valence-electron chi connectivity index (χ4n) is 3.70. The summed E-state index contributed by atoms with van der Waals surface area (Å²) >= 11 is 0. The second-order valence-electron chi connectivity index (χ2n) is 7.19. The Balaban J connectivity index is 2.04. The zero-order valence-corrected chi connectivity index (χ0v) is 12.6. The third kappa shape index (κ3) is 3.22. The van der Waals surface area contributed by atoms with Crippen LogP contribution in [-0.2, 0) is 4.74 Å². The molecule has 0 aromatic carbocycles. The number of likely N-dealkylation sites (tertiary alicyclic amines) is 1. The molecule has 0 radical (unpaired) electrons. The highest BCUT2D eigenvalue weighted by Gasteiger charge is 2.46. The van der Waals surface area contributed by atoms with Gasteiger partial charge in [-0.2, -0.15) is 0 Å². The summed E-state index contributed by atoms with van der Waals surface area (Å²) < 4.78 is 5.50. The second-order valence-corrected chi connectivity index (χ2v) is 7.19. The van der Waals surface area contributed by atoms with Crippen LogP contribution in [0.5, 0.6) is 0 Å². The van der Waals surface area contributed by atoms with Crippen molar-refractivity contribution in [1.29, 1.82) is 0 Å². The van der Waals surface area contributed by atoms with Crippen molar-refractivity contribution in [2.24, 2.45) is 17.1 Å². The molecule has 19 heavy (non-hydrogen) atoms. The Morgan fingerprint density at radius 2 is 2.00 bits per heavy atom. The molecule has 1 spiro atoms. The molecule has 2 aliphatic rings. The number of hydrogen-bond donors (Lipinski definition) is 1. The van der Waals surface area contributed by atoms with E-state index in [1.807, 2.05) is 25.7 Å². The molecule has 4 nitrogen and oxygen atoms in total. The Morgan fingerprint density at radius 1 is 1.37 bits per heavy atom. The predicted octanol–water partition coefficient (Wildman–Crippen LogP) is 2.76. The summed E-state index contributed by atoms with van der Waals surface area (Å²) in [5, 5.41) is 0. The molecular formula is C15H28N2O2. The van der Waals surface area contributed by atoms with Gasteiger partial charge in [0.25, 0.3) is 0 Å². The molecule has 0 aromatic rings. The molecule has 1 saturated heterocycles. The van der Waals surface area contributed by atoms with Crippen LogP contribution < -0.4 is 5.73 Å². The van der Waals surface area contributed by atoms with Crippen LogP contribution in [0.15, 0.2) is 0 Å². The highest BCUT2D eigenvalue weighted by Crippen LogP contribution is 2.48. The minimum absolute atomic E-state index is 0.158. The van der Waals surface area contributed by atoms with Gasteiger partial charge in [-0.1, -0.05) is 12.8 Å². The van der Waals surface area contributed by atoms with Gasteiger partial charge in [0.1, 0.15) is 5.60 Å². The van der Waals surface area contributed by atoms with Crippen LogP contribution in [0.4, 0.5) is 4.79 Å². The third-order valence-electron chi connectivity index (χ3n) is 4.65. The normalized spacial score (nSPS) is 26.7. The number of nitrogens with two attached hydrogens (primary N) is 1. The Morgan fingerprint density at radius 3 is 2.53 bits per heavy atom. The molecule has 1 saturated carbocycles. The zero-order valence-electron chi connectivity index (χ0n) is 12.6. The minimum atomic E-state index is -0.412. The van der Waals surface area contributed by atoms with Crippen molar-refractivity contribution in [1.82, 2.24) is 4.90 Å². The maximum atomic E-state index is 12.2. The van der Waals surface area contributed by atoms with Crippen molar-refractivity contribution in [3.05, 3.63) is 0 Å². The molecule has 2 N–H and O–H groups in total. The molecule has 2 fully saturated rings. The molecule has 1 aliphatic carbocycles. The number of carbonyl (C=O) groups is 1. The lowest BCUT2D eigenvalue weighted by molar-refractivity contribution is -0.0105. The number of carbonyl (C=O) groups excluding carboxylic acids is 1. The van der Waals surface area contributed by atoms with Gasteiger partial charge in [-0.05, 0) is 57.9 Å². The first-order valence-corrected chi connectivity index (χ1v) is 7.54. The standard InChI is InChI=1S/C15H28N2O2/c1-14(2,3)19-13(18)17-9-6-12(10-16)15(11-17)7-4-5-8-15/h12H,4-11,16H2,1-3H3. The molecular weight excluding hydrogens is 240 g/mol. The first kappa shape index (κ1) is 14.6. The first-order chi connectivity index (χ1) is 8.86. The van der Waals surface area contributed by atoms with Crippen LogP contribution in [0.25, 0.3) is 0 Å². The number of nitrogens with zero attached hydrogens (tertiary/aromatic N) is 1. The smallest absolute Gasteiger partial charge is 0.410 e. The quantitative estimate of drug-likeness (QED) is 0.795. The molecule has 4 heteroatoms. The Hall–Kier alpha value is -0.770. The van der Waals surface area contributed by atoms with E-state index in [1.165, 1.54) is 25.7 Å². The molecule has 0 aromatic heterocycles. The van der Waals surface area contributed by atoms with Gasteiger partial charge in [-0.3, -0.25) is 0 Å². The summed E-state index contributed by atoms with van der Waals surface area (Å²) in [6, 6.07) is 0. The van der Waals surface area contributed by atoms with Crippen LogP contribution in [0.1, 0.15) is 52.9 Å². The molecule has 1 amide bonds. The van der Waals surface area contributed by atoms with E-state index in [1.54, 1.807) is 0 Å². The van der Waals surface area contributed by atoms with Gasteiger partial charge >= 0.3 is 6.09 Å². The van der Waals surface area contributed by atoms with E-state index in [-0.39, 0.29) is 11.5 Å². The summed E-state index contributed by atoms with van der Waals surface area (Å²) in [4.78, 5) is 14.1. The van der Waals surface area contributed by atoms with Crippen LogP contribution in [-0.4, -0.2) is 36.2 Å². The molecule has 110 valence electrons. The van der Waals surface area contributed by atoms with E-state index < -0.39 is 5.60 Å². The van der Waals surface area contributed by atoms with Crippen molar-refractivity contribution in [2.45, 2.75) is 58.5 Å². The number of rotatable bonds is 1. The maximum absolute atomic E-state index is 12.2. The lowest BCUT2D eigenvalue weighted by atomic mass is 9.69. The first-order valence-electron chi connectivity index (χ1n) is 7.54. The van der Waals surface area contributed by atoms with E-state index >= 15 is 0 Å². The van der Waals surface area contributed by atoms with Gasteiger partial charge < -0.3 is 15.4 Å². The van der Waals surface area contributed by atoms with Gasteiger partial charge in [-0.15, -0.1) is 0 Å². The van der Waals surface area contributed by atoms with Gasteiger partial charge in [-0.25, -0.2) is 4.79 Å². The van der Waals surface area contributed by atoms with E-state index in [2.05, 4.69) is 0 Å². The van der Waals surface area contributed by atoms with E-state index in [0.717, 1.165) is 26.1 Å². The lowest BCUT2D eigenvalue weighted by Crippen LogP contribution is -2.52. The van der Waals surface area contributed by atoms with E-state index in [0.29, 0.717) is 5.92 Å². The van der Waals surface area contributed by atoms with Gasteiger partial charge in [0, 0.05) is 13.1 Å². The van der Waals surface area contributed by atoms with Crippen LogP contribution in [0.3, 0.4) is 0 Å². The lowest BCUT2D eigenvalue weighted by Gasteiger charge is -2.46. The summed E-state index contributed by atoms with van der Waals surface area (Å²) in [7, 11) is 0. The number of hydrogen-bond acceptors (Lipinski definition) is 3. The average molecular weight is 268 g/mol. The maximum Gasteiger partial charge on any atom is 0.410 e. The van der Waals surface area contributed by atoms with Crippen molar-refractivity contribution in [3.8, 4) is 0 Å². The SMILES string of the molecule is CC(C)(C)OC(=O)N1CCC(CN)C2(CCCC2)C1. The third-order valence-corrected chi connectivity index (χ3v) is 4.65. The molecule has 1 atom stereocenters. The van der Waals surface area contributed by atoms with Gasteiger partial charge in [0.2, 0.25) is 0 Å². The monoisotopic (exact) mass is 268 g/mol. The summed E-state index contributed by atoms with van der Waals surface area (Å²) in [5.74, 6) is 0.577. The molecule has 1 heterocycles. The zero-order chi connectivity index (χ0) is 14.1. The highest BCUT2D eigenvalue weighted by atomic mass is 16.6. The average Bonchev–Trinajstić information content (AvgIpc) is 2.76. The Kier molecular flexibility index (Phi) is 4.09. The van der Waals surface area contributed by atoms with Crippen molar-refractivity contribution >= 4 is 6.09 Å². The van der Waals surface area contributed by atoms with Crippen molar-refractivity contribution in [3.63, 3.8) is 0 Å². The summed E-state index contributed by atoms with van der Waals surface area (Å²) in [6.07, 6.45) is 5.85. The van der Waals surface area contributed by atoms with Crippen LogP contribution in [0.2, 0.25) is 0 Å². The predicted molar refractivity (Wildman–Crippen MR) is 75.9 cm³/mol. The number of amides is 1. The Labute approximate surface area is 116 Å². The molecule has 1 aliphatic heterocycles. The van der Waals surface area contributed by atoms with Crippen molar-refractivity contribution in [2.75, 3.05) is 19.6 Å². The number of ether oxygens (including phenoxy) is 1. The largest absolute Gasteiger partial charge is 0.444 e. The minimum Gasteiger partial charge on any atom is -0.444 e. The van der Waals surface area contributed by atoms with Crippen LogP contribution in [0, 0.1) is 11.3 Å². The molecule has 2 rings (SSSR count). The van der Waals surface area contributed by atoms with Gasteiger partial charge in [0.05, 0.1) is 0 Å². The molecule has 1 unspecified atom stereocenters. The Bertz CT molecular complexity index is 330. The number of piperidine rings is 1. The second kappa shape index (κ2) is 5.31.